The van der Waals surface area contributed by atoms with Crippen molar-refractivity contribution in [2.45, 2.75) is 13.3 Å². The zero-order valence-electron chi connectivity index (χ0n) is 10.3. The number of aryl methyl sites for hydroxylation is 1. The number of likely N-dealkylation sites (N-methyl/N-ethyl adjacent to an activating group) is 1. The van der Waals surface area contributed by atoms with Crippen LogP contribution in [0.5, 0.6) is 0 Å². The second-order valence-electron chi connectivity index (χ2n) is 4.81. The second kappa shape index (κ2) is 4.00. The van der Waals surface area contributed by atoms with E-state index in [0.29, 0.717) is 0 Å². The Hall–Kier alpha value is -1.61. The largest absolute Gasteiger partial charge is 0.359 e. The van der Waals surface area contributed by atoms with Gasteiger partial charge in [0.05, 0.1) is 11.0 Å². The van der Waals surface area contributed by atoms with Gasteiger partial charge in [-0.2, -0.15) is 0 Å². The van der Waals surface area contributed by atoms with Crippen molar-refractivity contribution in [3.8, 4) is 0 Å². The van der Waals surface area contributed by atoms with Gasteiger partial charge in [-0.1, -0.05) is 6.08 Å². The zero-order chi connectivity index (χ0) is 11.8. The van der Waals surface area contributed by atoms with Crippen molar-refractivity contribution in [1.29, 1.82) is 0 Å². The highest BCUT2D eigenvalue weighted by molar-refractivity contribution is 5.90. The Morgan fingerprint density at radius 3 is 3.06 bits per heavy atom. The monoisotopic (exact) mass is 227 g/mol. The Balaban J connectivity index is 2.11. The first kappa shape index (κ1) is 10.5. The van der Waals surface area contributed by atoms with Crippen LogP contribution in [0.3, 0.4) is 0 Å². The van der Waals surface area contributed by atoms with E-state index in [4.69, 9.17) is 0 Å². The summed E-state index contributed by atoms with van der Waals surface area (Å²) in [7, 11) is 2.17. The van der Waals surface area contributed by atoms with Crippen LogP contribution in [-0.4, -0.2) is 35.0 Å². The summed E-state index contributed by atoms with van der Waals surface area (Å²) in [4.78, 5) is 10.3. The number of rotatable bonds is 1. The van der Waals surface area contributed by atoms with E-state index in [-0.39, 0.29) is 0 Å². The first-order chi connectivity index (χ1) is 8.24. The molecule has 2 aromatic heterocycles. The maximum atomic E-state index is 4.65. The molecule has 0 radical (unpaired) electrons. The van der Waals surface area contributed by atoms with E-state index in [1.54, 1.807) is 0 Å². The van der Waals surface area contributed by atoms with E-state index in [1.807, 2.05) is 13.0 Å². The lowest BCUT2D eigenvalue weighted by Crippen LogP contribution is -2.24. The summed E-state index contributed by atoms with van der Waals surface area (Å²) in [6.45, 7) is 4.21. The molecule has 0 bridgehead atoms. The van der Waals surface area contributed by atoms with Gasteiger partial charge in [0.25, 0.3) is 0 Å². The average Bonchev–Trinajstić information content (AvgIpc) is 2.71. The van der Waals surface area contributed by atoms with Gasteiger partial charge in [0.15, 0.2) is 0 Å². The third-order valence-corrected chi connectivity index (χ3v) is 3.35. The van der Waals surface area contributed by atoms with Gasteiger partial charge >= 0.3 is 0 Å². The van der Waals surface area contributed by atoms with Crippen molar-refractivity contribution in [3.63, 3.8) is 0 Å². The Morgan fingerprint density at radius 1 is 1.35 bits per heavy atom. The van der Waals surface area contributed by atoms with Gasteiger partial charge in [0.2, 0.25) is 0 Å². The molecule has 3 rings (SSSR count). The van der Waals surface area contributed by atoms with Gasteiger partial charge in [-0.15, -0.1) is 0 Å². The molecule has 0 atom stereocenters. The smallest absolute Gasteiger partial charge is 0.0957 e. The predicted molar refractivity (Wildman–Crippen MR) is 70.9 cm³/mol. The number of nitrogens with one attached hydrogen (secondary N) is 1. The third-order valence-electron chi connectivity index (χ3n) is 3.35. The van der Waals surface area contributed by atoms with E-state index in [2.05, 4.69) is 40.3 Å². The lowest BCUT2D eigenvalue weighted by molar-refractivity contribution is 0.373. The van der Waals surface area contributed by atoms with Crippen molar-refractivity contribution in [2.24, 2.45) is 0 Å². The number of aromatic amines is 1. The summed E-state index contributed by atoms with van der Waals surface area (Å²) in [5.74, 6) is 0. The van der Waals surface area contributed by atoms with Crippen molar-refractivity contribution < 1.29 is 0 Å². The van der Waals surface area contributed by atoms with Gasteiger partial charge in [-0.3, -0.25) is 4.98 Å². The molecule has 2 aromatic rings. The summed E-state index contributed by atoms with van der Waals surface area (Å²) in [5.41, 5.74) is 5.95. The average molecular weight is 227 g/mol. The van der Waals surface area contributed by atoms with E-state index in [0.717, 1.165) is 36.2 Å². The first-order valence-corrected chi connectivity index (χ1v) is 6.07. The number of pyridine rings is 1. The lowest BCUT2D eigenvalue weighted by Gasteiger charge is -2.22. The minimum Gasteiger partial charge on any atom is -0.359 e. The number of nitrogens with zero attached hydrogens (tertiary/aromatic N) is 2. The zero-order valence-corrected chi connectivity index (χ0v) is 10.3. The van der Waals surface area contributed by atoms with E-state index < -0.39 is 0 Å². The Morgan fingerprint density at radius 2 is 2.24 bits per heavy atom. The number of H-pyrrole nitrogens is 1. The highest BCUT2D eigenvalue weighted by atomic mass is 15.1. The molecule has 1 aliphatic rings. The molecule has 17 heavy (non-hydrogen) atoms. The molecule has 0 aromatic carbocycles. The number of fused-ring (bicyclic) bond motifs is 1. The molecule has 0 amide bonds. The normalized spacial score (nSPS) is 17.4. The molecular formula is C14H17N3. The SMILES string of the molecule is Cc1ccc2[nH]cc(C3=CCCN(C)C3)c2n1. The predicted octanol–water partition coefficient (Wildman–Crippen LogP) is 2.59. The van der Waals surface area contributed by atoms with Crippen molar-refractivity contribution in [3.05, 3.63) is 35.7 Å². The summed E-state index contributed by atoms with van der Waals surface area (Å²) in [5, 5.41) is 0. The van der Waals surface area contributed by atoms with Crippen LogP contribution in [0.15, 0.2) is 24.4 Å². The molecule has 1 N–H and O–H groups in total. The Bertz CT molecular complexity index is 580. The molecule has 0 saturated heterocycles. The van der Waals surface area contributed by atoms with Crippen LogP contribution in [0.4, 0.5) is 0 Å². The fourth-order valence-electron chi connectivity index (χ4n) is 2.43. The van der Waals surface area contributed by atoms with Crippen LogP contribution in [0, 0.1) is 6.92 Å². The number of hydrogen-bond donors (Lipinski definition) is 1. The van der Waals surface area contributed by atoms with Gasteiger partial charge in [0, 0.05) is 30.5 Å². The van der Waals surface area contributed by atoms with Crippen LogP contribution in [-0.2, 0) is 0 Å². The van der Waals surface area contributed by atoms with Gasteiger partial charge in [-0.05, 0) is 38.1 Å². The molecule has 3 nitrogen and oxygen atoms in total. The van der Waals surface area contributed by atoms with Crippen molar-refractivity contribution >= 4 is 16.6 Å². The molecule has 0 spiro atoms. The maximum absolute atomic E-state index is 4.65. The van der Waals surface area contributed by atoms with Crippen LogP contribution < -0.4 is 0 Å². The number of aromatic nitrogens is 2. The van der Waals surface area contributed by atoms with Crippen molar-refractivity contribution in [1.82, 2.24) is 14.9 Å². The quantitative estimate of drug-likeness (QED) is 0.812. The standard InChI is InChI=1S/C14H17N3/c1-10-5-6-13-14(16-10)12(8-15-13)11-4-3-7-17(2)9-11/h4-6,8,15H,3,7,9H2,1-2H3. The van der Waals surface area contributed by atoms with Gasteiger partial charge < -0.3 is 9.88 Å². The molecule has 1 aliphatic heterocycles. The number of hydrogen-bond acceptors (Lipinski definition) is 2. The summed E-state index contributed by atoms with van der Waals surface area (Å²) in [6.07, 6.45) is 5.55. The minimum absolute atomic E-state index is 1.02. The molecule has 0 aliphatic carbocycles. The second-order valence-corrected chi connectivity index (χ2v) is 4.81. The maximum Gasteiger partial charge on any atom is 0.0957 e. The molecule has 0 saturated carbocycles. The molecule has 3 heterocycles. The molecule has 3 heteroatoms. The van der Waals surface area contributed by atoms with Crippen LogP contribution in [0.25, 0.3) is 16.6 Å². The van der Waals surface area contributed by atoms with E-state index in [9.17, 15) is 0 Å². The van der Waals surface area contributed by atoms with Crippen LogP contribution in [0.1, 0.15) is 17.7 Å². The fourth-order valence-corrected chi connectivity index (χ4v) is 2.43. The first-order valence-electron chi connectivity index (χ1n) is 6.07. The Kier molecular flexibility index (Phi) is 2.48. The topological polar surface area (TPSA) is 31.9 Å². The fraction of sp³-hybridized carbons (Fsp3) is 0.357. The highest BCUT2D eigenvalue weighted by Gasteiger charge is 2.14. The van der Waals surface area contributed by atoms with Crippen LogP contribution in [0.2, 0.25) is 0 Å². The van der Waals surface area contributed by atoms with E-state index >= 15 is 0 Å². The third kappa shape index (κ3) is 1.87. The lowest BCUT2D eigenvalue weighted by atomic mass is 10.0. The van der Waals surface area contributed by atoms with Gasteiger partial charge in [0.1, 0.15) is 0 Å². The molecular weight excluding hydrogens is 210 g/mol. The molecule has 0 unspecified atom stereocenters. The summed E-state index contributed by atoms with van der Waals surface area (Å²) < 4.78 is 0. The summed E-state index contributed by atoms with van der Waals surface area (Å²) in [6, 6.07) is 4.15. The van der Waals surface area contributed by atoms with Crippen molar-refractivity contribution in [2.75, 3.05) is 20.1 Å². The van der Waals surface area contributed by atoms with Gasteiger partial charge in [-0.25, -0.2) is 0 Å². The van der Waals surface area contributed by atoms with Crippen LogP contribution >= 0.6 is 0 Å². The molecule has 0 fully saturated rings. The minimum atomic E-state index is 1.02. The van der Waals surface area contributed by atoms with E-state index in [1.165, 1.54) is 11.1 Å². The molecule has 88 valence electrons. The highest BCUT2D eigenvalue weighted by Crippen LogP contribution is 2.26. The summed E-state index contributed by atoms with van der Waals surface area (Å²) >= 11 is 0. The Labute approximate surface area is 101 Å².